The van der Waals surface area contributed by atoms with Crippen molar-refractivity contribution >= 4 is 38.8 Å². The quantitative estimate of drug-likeness (QED) is 0.228. The van der Waals surface area contributed by atoms with Crippen LogP contribution in [0.3, 0.4) is 0 Å². The molecule has 186 valence electrons. The van der Waals surface area contributed by atoms with Crippen LogP contribution < -0.4 is 24.0 Å². The molecule has 1 aromatic heterocycles. The van der Waals surface area contributed by atoms with Crippen LogP contribution in [0.2, 0.25) is 0 Å². The molecular formula is C27H27N3O5S. The van der Waals surface area contributed by atoms with E-state index in [1.165, 1.54) is 16.3 Å². The predicted molar refractivity (Wildman–Crippen MR) is 143 cm³/mol. The highest BCUT2D eigenvalue weighted by molar-refractivity contribution is 7.22. The van der Waals surface area contributed by atoms with E-state index >= 15 is 0 Å². The molecule has 36 heavy (non-hydrogen) atoms. The summed E-state index contributed by atoms with van der Waals surface area (Å²) >= 11 is 1.35. The third-order valence-electron chi connectivity index (χ3n) is 5.58. The van der Waals surface area contributed by atoms with Gasteiger partial charge in [-0.25, -0.2) is 4.98 Å². The van der Waals surface area contributed by atoms with Gasteiger partial charge in [0.25, 0.3) is 5.91 Å². The molecule has 0 atom stereocenters. The van der Waals surface area contributed by atoms with Gasteiger partial charge in [-0.1, -0.05) is 29.0 Å². The number of hydrogen-bond donors (Lipinski definition) is 0. The van der Waals surface area contributed by atoms with Gasteiger partial charge in [0, 0.05) is 11.1 Å². The van der Waals surface area contributed by atoms with Crippen molar-refractivity contribution in [1.82, 2.24) is 4.98 Å². The summed E-state index contributed by atoms with van der Waals surface area (Å²) in [5.41, 5.74) is 3.88. The Hall–Kier alpha value is -4.11. The van der Waals surface area contributed by atoms with Crippen molar-refractivity contribution in [2.75, 3.05) is 33.4 Å². The van der Waals surface area contributed by atoms with E-state index in [1.807, 2.05) is 50.2 Å². The lowest BCUT2D eigenvalue weighted by atomic mass is 10.1. The number of rotatable bonds is 8. The Morgan fingerprint density at radius 2 is 1.64 bits per heavy atom. The highest BCUT2D eigenvalue weighted by Crippen LogP contribution is 2.38. The van der Waals surface area contributed by atoms with Crippen LogP contribution in [0.25, 0.3) is 10.2 Å². The van der Waals surface area contributed by atoms with Crippen molar-refractivity contribution in [3.8, 4) is 23.0 Å². The summed E-state index contributed by atoms with van der Waals surface area (Å²) in [6, 6.07) is 14.8. The summed E-state index contributed by atoms with van der Waals surface area (Å²) in [5, 5.41) is 6.33. The summed E-state index contributed by atoms with van der Waals surface area (Å²) in [7, 11) is 6.24. The summed E-state index contributed by atoms with van der Waals surface area (Å²) < 4.78 is 22.5. The van der Waals surface area contributed by atoms with Gasteiger partial charge < -0.3 is 18.9 Å². The highest BCUT2D eigenvalue weighted by atomic mass is 32.1. The number of aromatic nitrogens is 1. The van der Waals surface area contributed by atoms with E-state index in [-0.39, 0.29) is 5.91 Å². The maximum absolute atomic E-state index is 13.7. The number of hydrazone groups is 1. The number of thiazole rings is 1. The zero-order chi connectivity index (χ0) is 25.8. The fraction of sp³-hybridized carbons (Fsp3) is 0.222. The van der Waals surface area contributed by atoms with Crippen LogP contribution in [0.5, 0.6) is 23.0 Å². The van der Waals surface area contributed by atoms with Gasteiger partial charge in [0.05, 0.1) is 44.9 Å². The second-order valence-electron chi connectivity index (χ2n) is 7.97. The smallest absolute Gasteiger partial charge is 0.281 e. The van der Waals surface area contributed by atoms with E-state index in [4.69, 9.17) is 18.9 Å². The zero-order valence-corrected chi connectivity index (χ0v) is 21.8. The molecule has 0 spiro atoms. The van der Waals surface area contributed by atoms with Crippen LogP contribution in [0.1, 0.15) is 27.0 Å². The molecule has 3 aromatic carbocycles. The minimum Gasteiger partial charge on any atom is -0.497 e. The third-order valence-corrected chi connectivity index (χ3v) is 6.57. The molecule has 0 aliphatic heterocycles. The number of fused-ring (bicyclic) bond motifs is 1. The van der Waals surface area contributed by atoms with E-state index in [0.29, 0.717) is 39.3 Å². The van der Waals surface area contributed by atoms with Crippen molar-refractivity contribution in [2.45, 2.75) is 13.8 Å². The van der Waals surface area contributed by atoms with E-state index < -0.39 is 0 Å². The zero-order valence-electron chi connectivity index (χ0n) is 21.0. The monoisotopic (exact) mass is 505 g/mol. The van der Waals surface area contributed by atoms with Gasteiger partial charge in [0.1, 0.15) is 5.75 Å². The van der Waals surface area contributed by atoms with Crippen LogP contribution in [0.4, 0.5) is 5.13 Å². The molecule has 8 nitrogen and oxygen atoms in total. The first-order valence-electron chi connectivity index (χ1n) is 11.1. The summed E-state index contributed by atoms with van der Waals surface area (Å²) in [5.74, 6) is 1.86. The van der Waals surface area contributed by atoms with E-state index in [1.54, 1.807) is 46.8 Å². The van der Waals surface area contributed by atoms with Crippen LogP contribution >= 0.6 is 11.3 Å². The largest absolute Gasteiger partial charge is 0.497 e. The van der Waals surface area contributed by atoms with Crippen LogP contribution in [0.15, 0.2) is 53.6 Å². The van der Waals surface area contributed by atoms with Crippen molar-refractivity contribution in [3.63, 3.8) is 0 Å². The Morgan fingerprint density at radius 1 is 0.917 bits per heavy atom. The van der Waals surface area contributed by atoms with E-state index in [2.05, 4.69) is 10.1 Å². The van der Waals surface area contributed by atoms with Gasteiger partial charge in [0.15, 0.2) is 11.5 Å². The van der Waals surface area contributed by atoms with E-state index in [0.717, 1.165) is 21.3 Å². The molecule has 0 N–H and O–H groups in total. The lowest BCUT2D eigenvalue weighted by Crippen LogP contribution is -2.26. The topological polar surface area (TPSA) is 82.5 Å². The van der Waals surface area contributed by atoms with Gasteiger partial charge in [0.2, 0.25) is 10.9 Å². The van der Waals surface area contributed by atoms with Crippen LogP contribution in [0, 0.1) is 13.8 Å². The van der Waals surface area contributed by atoms with E-state index in [9.17, 15) is 4.79 Å². The molecule has 0 radical (unpaired) electrons. The maximum Gasteiger partial charge on any atom is 0.281 e. The molecule has 4 aromatic rings. The molecule has 0 saturated carbocycles. The average molecular weight is 506 g/mol. The molecule has 0 saturated heterocycles. The van der Waals surface area contributed by atoms with Gasteiger partial charge in [-0.2, -0.15) is 10.1 Å². The second kappa shape index (κ2) is 10.7. The Bertz CT molecular complexity index is 1420. The minimum atomic E-state index is -0.290. The number of anilines is 1. The minimum absolute atomic E-state index is 0.290. The number of nitrogens with zero attached hydrogens (tertiary/aromatic N) is 3. The lowest BCUT2D eigenvalue weighted by Gasteiger charge is -2.16. The molecule has 0 fully saturated rings. The van der Waals surface area contributed by atoms with Crippen LogP contribution in [-0.4, -0.2) is 45.5 Å². The normalized spacial score (nSPS) is 11.1. The average Bonchev–Trinajstić information content (AvgIpc) is 3.30. The van der Waals surface area contributed by atoms with Gasteiger partial charge in [-0.3, -0.25) is 4.79 Å². The van der Waals surface area contributed by atoms with Crippen LogP contribution in [-0.2, 0) is 0 Å². The number of methoxy groups -OCH3 is 4. The molecular weight excluding hydrogens is 478 g/mol. The molecule has 9 heteroatoms. The van der Waals surface area contributed by atoms with Crippen molar-refractivity contribution in [2.24, 2.45) is 5.10 Å². The number of ether oxygens (including phenoxy) is 4. The predicted octanol–water partition coefficient (Wildman–Crippen LogP) is 5.63. The van der Waals surface area contributed by atoms with Gasteiger partial charge in [-0.05, 0) is 55.8 Å². The number of hydrogen-bond acceptors (Lipinski definition) is 8. The van der Waals surface area contributed by atoms with Gasteiger partial charge >= 0.3 is 0 Å². The summed E-state index contributed by atoms with van der Waals surface area (Å²) in [6.45, 7) is 3.90. The highest BCUT2D eigenvalue weighted by Gasteiger charge is 2.23. The maximum atomic E-state index is 13.7. The molecule has 0 bridgehead atoms. The second-order valence-corrected chi connectivity index (χ2v) is 8.98. The molecule has 4 rings (SSSR count). The molecule has 0 aliphatic carbocycles. The lowest BCUT2D eigenvalue weighted by molar-refractivity contribution is 0.0987. The molecule has 1 amide bonds. The Balaban J connectivity index is 1.81. The van der Waals surface area contributed by atoms with Gasteiger partial charge in [-0.15, -0.1) is 0 Å². The number of carbonyl (C=O) groups is 1. The molecule has 0 unspecified atom stereocenters. The third kappa shape index (κ3) is 4.96. The molecule has 0 aliphatic rings. The summed E-state index contributed by atoms with van der Waals surface area (Å²) in [6.07, 6.45) is 1.57. The Labute approximate surface area is 213 Å². The fourth-order valence-electron chi connectivity index (χ4n) is 3.77. The number of carbonyl (C=O) groups excluding carboxylic acids is 1. The van der Waals surface area contributed by atoms with Crippen molar-refractivity contribution < 1.29 is 23.7 Å². The SMILES string of the molecule is COc1ccc2nc(N(/N=C/c3cc(OC)c(OC)c(OC)c3)C(=O)c3ccc(C)cc3C)sc2c1. The fourth-order valence-corrected chi connectivity index (χ4v) is 4.72. The Kier molecular flexibility index (Phi) is 7.40. The standard InChI is InChI=1S/C27H27N3O5S/c1-16-7-9-20(17(2)11-16)26(31)30(27-29-21-10-8-19(32-3)14-24(21)36-27)28-15-18-12-22(33-4)25(35-6)23(13-18)34-5/h7-15H,1-6H3/b28-15+. The Morgan fingerprint density at radius 3 is 2.25 bits per heavy atom. The van der Waals surface area contributed by atoms with Crippen molar-refractivity contribution in [1.29, 1.82) is 0 Å². The number of amides is 1. The number of aryl methyl sites for hydroxylation is 2. The van der Waals surface area contributed by atoms with Crippen molar-refractivity contribution in [3.05, 3.63) is 70.8 Å². The first-order chi connectivity index (χ1) is 17.4. The first kappa shape index (κ1) is 25.0. The summed E-state index contributed by atoms with van der Waals surface area (Å²) in [4.78, 5) is 18.4. The molecule has 1 heterocycles. The number of benzene rings is 3. The first-order valence-corrected chi connectivity index (χ1v) is 11.9.